The second kappa shape index (κ2) is 7.58. The quantitative estimate of drug-likeness (QED) is 0.678. The van der Waals surface area contributed by atoms with Crippen LogP contribution in [-0.2, 0) is 4.79 Å². The van der Waals surface area contributed by atoms with Crippen LogP contribution in [0.1, 0.15) is 30.1 Å². The molecule has 0 aromatic carbocycles. The molecule has 1 aromatic heterocycles. The maximum Gasteiger partial charge on any atom is 0.253 e. The van der Waals surface area contributed by atoms with Crippen molar-refractivity contribution in [1.82, 2.24) is 15.6 Å². The highest BCUT2D eigenvalue weighted by molar-refractivity contribution is 6.29. The van der Waals surface area contributed by atoms with E-state index in [1.165, 1.54) is 12.3 Å². The van der Waals surface area contributed by atoms with E-state index in [1.807, 2.05) is 6.92 Å². The molecular formula is C12H17ClN4O2. The third-order valence-electron chi connectivity index (χ3n) is 2.36. The normalized spacial score (nSPS) is 10.0. The number of pyridine rings is 1. The van der Waals surface area contributed by atoms with Gasteiger partial charge in [-0.25, -0.2) is 4.98 Å². The van der Waals surface area contributed by atoms with Crippen LogP contribution in [0, 0.1) is 0 Å². The van der Waals surface area contributed by atoms with Crippen LogP contribution in [0.15, 0.2) is 12.3 Å². The second-order valence-electron chi connectivity index (χ2n) is 3.95. The van der Waals surface area contributed by atoms with Crippen LogP contribution < -0.4 is 16.4 Å². The number of hydrogen-bond acceptors (Lipinski definition) is 4. The maximum atomic E-state index is 11.8. The number of rotatable bonds is 6. The van der Waals surface area contributed by atoms with E-state index in [-0.39, 0.29) is 41.2 Å². The van der Waals surface area contributed by atoms with E-state index >= 15 is 0 Å². The molecule has 104 valence electrons. The number of halogens is 1. The molecule has 0 spiro atoms. The molecule has 1 rings (SSSR count). The molecule has 4 N–H and O–H groups in total. The van der Waals surface area contributed by atoms with Gasteiger partial charge in [-0.15, -0.1) is 0 Å². The van der Waals surface area contributed by atoms with Gasteiger partial charge in [0, 0.05) is 19.5 Å². The van der Waals surface area contributed by atoms with Gasteiger partial charge in [0.25, 0.3) is 5.91 Å². The Morgan fingerprint density at radius 3 is 2.79 bits per heavy atom. The van der Waals surface area contributed by atoms with Gasteiger partial charge in [0.2, 0.25) is 5.91 Å². The van der Waals surface area contributed by atoms with Gasteiger partial charge in [-0.2, -0.15) is 0 Å². The number of carbonyl (C=O) groups is 2. The lowest BCUT2D eigenvalue weighted by Crippen LogP contribution is -2.31. The Morgan fingerprint density at radius 2 is 2.11 bits per heavy atom. The molecule has 7 heteroatoms. The second-order valence-corrected chi connectivity index (χ2v) is 4.34. The zero-order chi connectivity index (χ0) is 14.3. The topological polar surface area (TPSA) is 97.1 Å². The van der Waals surface area contributed by atoms with Crippen molar-refractivity contribution in [3.63, 3.8) is 0 Å². The number of aromatic nitrogens is 1. The van der Waals surface area contributed by atoms with Crippen LogP contribution in [0.5, 0.6) is 0 Å². The van der Waals surface area contributed by atoms with Gasteiger partial charge in [-0.05, 0) is 12.5 Å². The van der Waals surface area contributed by atoms with Gasteiger partial charge in [-0.1, -0.05) is 18.5 Å². The molecule has 0 atom stereocenters. The van der Waals surface area contributed by atoms with Crippen molar-refractivity contribution < 1.29 is 9.59 Å². The smallest absolute Gasteiger partial charge is 0.253 e. The Hall–Kier alpha value is -1.82. The molecule has 0 saturated carbocycles. The van der Waals surface area contributed by atoms with Crippen molar-refractivity contribution in [3.05, 3.63) is 23.0 Å². The molecule has 0 radical (unpaired) electrons. The van der Waals surface area contributed by atoms with E-state index < -0.39 is 0 Å². The highest BCUT2D eigenvalue weighted by atomic mass is 35.5. The Kier molecular flexibility index (Phi) is 6.08. The number of amides is 2. The van der Waals surface area contributed by atoms with Gasteiger partial charge in [-0.3, -0.25) is 9.59 Å². The fraction of sp³-hybridized carbons (Fsp3) is 0.417. The lowest BCUT2D eigenvalue weighted by Gasteiger charge is -2.07. The minimum Gasteiger partial charge on any atom is -0.397 e. The number of anilines is 1. The lowest BCUT2D eigenvalue weighted by atomic mass is 10.2. The molecule has 1 aromatic rings. The highest BCUT2D eigenvalue weighted by Gasteiger charge is 2.11. The van der Waals surface area contributed by atoms with Crippen LogP contribution in [0.2, 0.25) is 5.15 Å². The van der Waals surface area contributed by atoms with Crippen molar-refractivity contribution in [2.24, 2.45) is 0 Å². The van der Waals surface area contributed by atoms with Crippen LogP contribution in [0.4, 0.5) is 5.69 Å². The molecule has 0 bridgehead atoms. The first-order chi connectivity index (χ1) is 9.04. The minimum atomic E-state index is -0.370. The monoisotopic (exact) mass is 284 g/mol. The largest absolute Gasteiger partial charge is 0.397 e. The van der Waals surface area contributed by atoms with Crippen LogP contribution in [0.25, 0.3) is 0 Å². The number of nitrogens with one attached hydrogen (secondary N) is 2. The zero-order valence-electron chi connectivity index (χ0n) is 10.7. The summed E-state index contributed by atoms with van der Waals surface area (Å²) in [7, 11) is 0. The van der Waals surface area contributed by atoms with E-state index in [4.69, 9.17) is 17.3 Å². The van der Waals surface area contributed by atoms with E-state index in [9.17, 15) is 9.59 Å². The summed E-state index contributed by atoms with van der Waals surface area (Å²) in [6.45, 7) is 2.85. The molecule has 0 unspecified atom stereocenters. The summed E-state index contributed by atoms with van der Waals surface area (Å²) in [5.41, 5.74) is 6.13. The number of hydrogen-bond donors (Lipinski definition) is 3. The average Bonchev–Trinajstić information content (AvgIpc) is 2.39. The maximum absolute atomic E-state index is 11.8. The molecule has 2 amide bonds. The number of nitrogens with two attached hydrogens (primary N) is 1. The first-order valence-electron chi connectivity index (χ1n) is 6.00. The summed E-state index contributed by atoms with van der Waals surface area (Å²) in [4.78, 5) is 26.9. The number of nitrogens with zero attached hydrogens (tertiary/aromatic N) is 1. The molecule has 19 heavy (non-hydrogen) atoms. The Labute approximate surface area is 116 Å². The lowest BCUT2D eigenvalue weighted by molar-refractivity contribution is -0.120. The predicted molar refractivity (Wildman–Crippen MR) is 73.9 cm³/mol. The summed E-state index contributed by atoms with van der Waals surface area (Å²) in [6.07, 6.45) is 2.43. The van der Waals surface area contributed by atoms with Gasteiger partial charge < -0.3 is 16.4 Å². The fourth-order valence-corrected chi connectivity index (χ4v) is 1.53. The minimum absolute atomic E-state index is 0.0946. The summed E-state index contributed by atoms with van der Waals surface area (Å²) >= 11 is 5.69. The highest BCUT2D eigenvalue weighted by Crippen LogP contribution is 2.14. The van der Waals surface area contributed by atoms with Crippen molar-refractivity contribution >= 4 is 29.1 Å². The van der Waals surface area contributed by atoms with Gasteiger partial charge in [0.15, 0.2) is 0 Å². The van der Waals surface area contributed by atoms with Crippen molar-refractivity contribution in [2.45, 2.75) is 19.8 Å². The van der Waals surface area contributed by atoms with E-state index in [0.717, 1.165) is 6.42 Å². The molecule has 0 aliphatic heterocycles. The fourth-order valence-electron chi connectivity index (χ4n) is 1.37. The molecule has 0 fully saturated rings. The Bertz CT molecular complexity index is 465. The molecule has 0 saturated heterocycles. The zero-order valence-corrected chi connectivity index (χ0v) is 11.5. The number of nitrogen functional groups attached to an aromatic ring is 1. The SMILES string of the molecule is CCCNC(=O)CCNC(=O)c1cc(Cl)ncc1N. The molecule has 1 heterocycles. The Balaban J connectivity index is 2.43. The van der Waals surface area contributed by atoms with Crippen molar-refractivity contribution in [2.75, 3.05) is 18.8 Å². The van der Waals surface area contributed by atoms with Crippen LogP contribution in [0.3, 0.4) is 0 Å². The molecule has 0 aliphatic carbocycles. The molecule has 0 aliphatic rings. The average molecular weight is 285 g/mol. The van der Waals surface area contributed by atoms with Gasteiger partial charge in [0.1, 0.15) is 5.15 Å². The molecular weight excluding hydrogens is 268 g/mol. The van der Waals surface area contributed by atoms with E-state index in [2.05, 4.69) is 15.6 Å². The first kappa shape index (κ1) is 15.2. The number of carbonyl (C=O) groups excluding carboxylic acids is 2. The van der Waals surface area contributed by atoms with Gasteiger partial charge in [0.05, 0.1) is 17.4 Å². The third kappa shape index (κ3) is 5.13. The summed E-state index contributed by atoms with van der Waals surface area (Å²) < 4.78 is 0. The van der Waals surface area contributed by atoms with E-state index in [1.54, 1.807) is 0 Å². The van der Waals surface area contributed by atoms with Crippen molar-refractivity contribution in [3.8, 4) is 0 Å². The van der Waals surface area contributed by atoms with Crippen LogP contribution in [-0.4, -0.2) is 29.9 Å². The molecule has 6 nitrogen and oxygen atoms in total. The summed E-state index contributed by atoms with van der Waals surface area (Å²) in [5, 5.41) is 5.52. The third-order valence-corrected chi connectivity index (χ3v) is 2.56. The standard InChI is InChI=1S/C12H17ClN4O2/c1-2-4-15-11(18)3-5-16-12(19)8-6-10(13)17-7-9(8)14/h6-7H,2-5,14H2,1H3,(H,15,18)(H,16,19). The Morgan fingerprint density at radius 1 is 1.37 bits per heavy atom. The van der Waals surface area contributed by atoms with Gasteiger partial charge >= 0.3 is 0 Å². The van der Waals surface area contributed by atoms with Crippen molar-refractivity contribution in [1.29, 1.82) is 0 Å². The summed E-state index contributed by atoms with van der Waals surface area (Å²) in [6, 6.07) is 1.39. The predicted octanol–water partition coefficient (Wildman–Crippen LogP) is 0.963. The van der Waals surface area contributed by atoms with Crippen LogP contribution >= 0.6 is 11.6 Å². The van der Waals surface area contributed by atoms with E-state index in [0.29, 0.717) is 6.54 Å². The summed E-state index contributed by atoms with van der Waals surface area (Å²) in [5.74, 6) is -0.465. The first-order valence-corrected chi connectivity index (χ1v) is 6.38.